The molecule has 0 saturated carbocycles. The molecule has 0 radical (unpaired) electrons. The molecule has 11 heteroatoms. The molecule has 0 spiro atoms. The molecule has 2 N–H and O–H groups in total. The minimum Gasteiger partial charge on any atom is -0.487 e. The molecule has 0 aliphatic rings. The minimum absolute atomic E-state index is 0.00546. The van der Waals surface area contributed by atoms with Gasteiger partial charge in [0.2, 0.25) is 5.91 Å². The number of carbonyl (C=O) groups is 2. The van der Waals surface area contributed by atoms with Crippen molar-refractivity contribution in [1.82, 2.24) is 5.32 Å². The Kier molecular flexibility index (Phi) is 9.25. The van der Waals surface area contributed by atoms with E-state index in [1.807, 2.05) is 0 Å². The third-order valence-corrected chi connectivity index (χ3v) is 5.02. The number of para-hydroxylation sites is 1. The number of anilines is 1. The van der Waals surface area contributed by atoms with Crippen LogP contribution in [0.3, 0.4) is 0 Å². The highest BCUT2D eigenvalue weighted by Gasteiger charge is 2.27. The first-order valence-electron chi connectivity index (χ1n) is 9.61. The highest BCUT2D eigenvalue weighted by Crippen LogP contribution is 2.33. The second-order valence-corrected chi connectivity index (χ2v) is 7.88. The van der Waals surface area contributed by atoms with Crippen molar-refractivity contribution in [1.29, 1.82) is 0 Å². The first-order valence-corrected chi connectivity index (χ1v) is 10.4. The van der Waals surface area contributed by atoms with Gasteiger partial charge in [-0.3, -0.25) is 19.7 Å². The Morgan fingerprint density at radius 2 is 1.84 bits per heavy atom. The summed E-state index contributed by atoms with van der Waals surface area (Å²) in [7, 11) is 1.53. The number of nitrogens with zero attached hydrogens (tertiary/aromatic N) is 1. The van der Waals surface area contributed by atoms with Crippen LogP contribution in [-0.2, 0) is 9.53 Å². The number of halogens is 2. The summed E-state index contributed by atoms with van der Waals surface area (Å²) < 4.78 is 10.6. The van der Waals surface area contributed by atoms with E-state index in [1.54, 1.807) is 32.0 Å². The van der Waals surface area contributed by atoms with Gasteiger partial charge in [-0.25, -0.2) is 0 Å². The summed E-state index contributed by atoms with van der Waals surface area (Å²) in [6.07, 6.45) is 0. The maximum Gasteiger partial charge on any atom is 0.288 e. The number of ether oxygens (including phenoxy) is 2. The van der Waals surface area contributed by atoms with E-state index in [4.69, 9.17) is 32.7 Å². The Labute approximate surface area is 195 Å². The number of hydrogen-bond donors (Lipinski definition) is 2. The van der Waals surface area contributed by atoms with Crippen LogP contribution >= 0.6 is 23.2 Å². The summed E-state index contributed by atoms with van der Waals surface area (Å²) in [5, 5.41) is 16.6. The van der Waals surface area contributed by atoms with E-state index >= 15 is 0 Å². The number of nitro benzene ring substituents is 1. The van der Waals surface area contributed by atoms with Gasteiger partial charge in [-0.05, 0) is 30.2 Å². The Balaban J connectivity index is 2.21. The number of benzene rings is 2. The zero-order valence-corrected chi connectivity index (χ0v) is 19.2. The lowest BCUT2D eigenvalue weighted by molar-refractivity contribution is -0.384. The van der Waals surface area contributed by atoms with Gasteiger partial charge in [-0.15, -0.1) is 0 Å². The van der Waals surface area contributed by atoms with Gasteiger partial charge >= 0.3 is 0 Å². The summed E-state index contributed by atoms with van der Waals surface area (Å²) in [5.74, 6) is -1.17. The van der Waals surface area contributed by atoms with Crippen LogP contribution in [0.2, 0.25) is 10.0 Å². The van der Waals surface area contributed by atoms with Crippen molar-refractivity contribution in [2.24, 2.45) is 5.92 Å². The van der Waals surface area contributed by atoms with Crippen molar-refractivity contribution in [3.05, 3.63) is 62.1 Å². The topological polar surface area (TPSA) is 120 Å². The summed E-state index contributed by atoms with van der Waals surface area (Å²) >= 11 is 12.0. The van der Waals surface area contributed by atoms with Crippen LogP contribution in [0, 0.1) is 16.0 Å². The fourth-order valence-electron chi connectivity index (χ4n) is 2.74. The second kappa shape index (κ2) is 11.7. The second-order valence-electron chi connectivity index (χ2n) is 7.07. The van der Waals surface area contributed by atoms with E-state index in [2.05, 4.69) is 10.6 Å². The first-order chi connectivity index (χ1) is 15.1. The van der Waals surface area contributed by atoms with E-state index < -0.39 is 28.5 Å². The molecular formula is C21H23Cl2N3O6. The lowest BCUT2D eigenvalue weighted by Crippen LogP contribution is -2.47. The minimum atomic E-state index is -0.942. The normalized spacial score (nSPS) is 11.7. The van der Waals surface area contributed by atoms with Crippen molar-refractivity contribution in [2.45, 2.75) is 19.9 Å². The fraction of sp³-hybridized carbons (Fsp3) is 0.333. The molecule has 0 aliphatic carbocycles. The standard InChI is InChI=1S/C21H23Cl2N3O6/c1-12(2)18(25-20(27)13-7-8-14(22)17(11-13)26(29)30)21(28)24-16-6-4-5-15(23)19(16)32-10-9-31-3/h4-8,11-12,18H,9-10H2,1-3H3,(H,24,28)(H,25,27). The van der Waals surface area contributed by atoms with E-state index in [0.29, 0.717) is 17.3 Å². The molecule has 9 nitrogen and oxygen atoms in total. The highest BCUT2D eigenvalue weighted by atomic mass is 35.5. The number of hydrogen-bond acceptors (Lipinski definition) is 6. The molecular weight excluding hydrogens is 461 g/mol. The molecule has 2 aromatic carbocycles. The molecule has 0 fully saturated rings. The van der Waals surface area contributed by atoms with E-state index in [9.17, 15) is 19.7 Å². The van der Waals surface area contributed by atoms with Crippen LogP contribution < -0.4 is 15.4 Å². The van der Waals surface area contributed by atoms with Gasteiger partial charge in [0, 0.05) is 18.7 Å². The third kappa shape index (κ3) is 6.56. The first kappa shape index (κ1) is 25.4. The number of nitrogens with one attached hydrogen (secondary N) is 2. The number of rotatable bonds is 10. The van der Waals surface area contributed by atoms with Crippen LogP contribution in [0.4, 0.5) is 11.4 Å². The van der Waals surface area contributed by atoms with Gasteiger partial charge in [0.05, 0.1) is 22.2 Å². The Bertz CT molecular complexity index is 999. The molecule has 2 rings (SSSR count). The number of carbonyl (C=O) groups excluding carboxylic acids is 2. The zero-order valence-electron chi connectivity index (χ0n) is 17.7. The van der Waals surface area contributed by atoms with Crippen molar-refractivity contribution in [2.75, 3.05) is 25.6 Å². The summed E-state index contributed by atoms with van der Waals surface area (Å²) in [6, 6.07) is 7.61. The number of methoxy groups -OCH3 is 1. The van der Waals surface area contributed by atoms with E-state index in [0.717, 1.165) is 6.07 Å². The van der Waals surface area contributed by atoms with Gasteiger partial charge in [0.25, 0.3) is 11.6 Å². The highest BCUT2D eigenvalue weighted by molar-refractivity contribution is 6.33. The lowest BCUT2D eigenvalue weighted by Gasteiger charge is -2.23. The molecule has 2 amide bonds. The SMILES string of the molecule is COCCOc1c(Cl)cccc1NC(=O)C(NC(=O)c1ccc(Cl)c([N+](=O)[O-])c1)C(C)C. The van der Waals surface area contributed by atoms with Gasteiger partial charge < -0.3 is 20.1 Å². The third-order valence-electron chi connectivity index (χ3n) is 4.40. The molecule has 1 unspecified atom stereocenters. The van der Waals surface area contributed by atoms with Crippen molar-refractivity contribution >= 4 is 46.4 Å². The largest absolute Gasteiger partial charge is 0.487 e. The average molecular weight is 484 g/mol. The van der Waals surface area contributed by atoms with Crippen LogP contribution in [-0.4, -0.2) is 43.1 Å². The fourth-order valence-corrected chi connectivity index (χ4v) is 3.16. The quantitative estimate of drug-likeness (QED) is 0.295. The molecule has 172 valence electrons. The maximum atomic E-state index is 13.0. The van der Waals surface area contributed by atoms with Crippen LogP contribution in [0.25, 0.3) is 0 Å². The lowest BCUT2D eigenvalue weighted by atomic mass is 10.0. The van der Waals surface area contributed by atoms with Gasteiger partial charge in [0.15, 0.2) is 5.75 Å². The van der Waals surface area contributed by atoms with E-state index in [-0.39, 0.29) is 28.9 Å². The Morgan fingerprint density at radius 1 is 1.12 bits per heavy atom. The van der Waals surface area contributed by atoms with E-state index in [1.165, 1.54) is 19.2 Å². The predicted molar refractivity (Wildman–Crippen MR) is 122 cm³/mol. The molecule has 2 aromatic rings. The molecule has 0 aromatic heterocycles. The molecule has 0 bridgehead atoms. The molecule has 0 saturated heterocycles. The van der Waals surface area contributed by atoms with Crippen molar-refractivity contribution in [3.63, 3.8) is 0 Å². The smallest absolute Gasteiger partial charge is 0.288 e. The molecule has 32 heavy (non-hydrogen) atoms. The van der Waals surface area contributed by atoms with Gasteiger partial charge in [-0.2, -0.15) is 0 Å². The van der Waals surface area contributed by atoms with Gasteiger partial charge in [0.1, 0.15) is 17.7 Å². The number of nitro groups is 1. The molecule has 0 heterocycles. The van der Waals surface area contributed by atoms with Crippen molar-refractivity contribution in [3.8, 4) is 5.75 Å². The van der Waals surface area contributed by atoms with Crippen LogP contribution in [0.5, 0.6) is 5.75 Å². The maximum absolute atomic E-state index is 13.0. The zero-order chi connectivity index (χ0) is 23.8. The van der Waals surface area contributed by atoms with Crippen LogP contribution in [0.1, 0.15) is 24.2 Å². The molecule has 0 aliphatic heterocycles. The molecule has 1 atom stereocenters. The summed E-state index contributed by atoms with van der Waals surface area (Å²) in [4.78, 5) is 36.0. The Morgan fingerprint density at radius 3 is 2.47 bits per heavy atom. The summed E-state index contributed by atoms with van der Waals surface area (Å²) in [5.41, 5.74) is -0.0619. The van der Waals surface area contributed by atoms with Gasteiger partial charge in [-0.1, -0.05) is 43.1 Å². The number of amides is 2. The monoisotopic (exact) mass is 483 g/mol. The average Bonchev–Trinajstić information content (AvgIpc) is 2.73. The summed E-state index contributed by atoms with van der Waals surface area (Å²) in [6.45, 7) is 4.06. The van der Waals surface area contributed by atoms with Crippen LogP contribution in [0.15, 0.2) is 36.4 Å². The Hall–Kier alpha value is -2.88. The van der Waals surface area contributed by atoms with Crippen molar-refractivity contribution < 1.29 is 24.0 Å². The predicted octanol–water partition coefficient (Wildman–Crippen LogP) is 4.32.